The molecule has 1 N–H and O–H groups in total. The predicted octanol–water partition coefficient (Wildman–Crippen LogP) is 5.93. The molecule has 3 rings (SSSR count). The fourth-order valence-electron chi connectivity index (χ4n) is 2.92. The molecule has 9 heteroatoms. The van der Waals surface area contributed by atoms with Crippen molar-refractivity contribution in [1.29, 1.82) is 0 Å². The van der Waals surface area contributed by atoms with E-state index in [1.165, 1.54) is 13.2 Å². The molecule has 0 saturated carbocycles. The van der Waals surface area contributed by atoms with Crippen LogP contribution in [0, 0.1) is 0 Å². The number of benzene rings is 2. The van der Waals surface area contributed by atoms with Crippen molar-refractivity contribution in [3.05, 3.63) is 62.2 Å². The third-order valence-electron chi connectivity index (χ3n) is 4.76. The Balaban J connectivity index is 1.86. The van der Waals surface area contributed by atoms with Crippen molar-refractivity contribution in [3.8, 4) is 11.5 Å². The maximum absolute atomic E-state index is 12.8. The van der Waals surface area contributed by atoms with E-state index in [0.717, 1.165) is 11.3 Å². The molecule has 1 fully saturated rings. The second kappa shape index (κ2) is 9.81. The van der Waals surface area contributed by atoms with Crippen LogP contribution in [0.15, 0.2) is 36.0 Å². The van der Waals surface area contributed by atoms with Gasteiger partial charge in [-0.25, -0.2) is 4.79 Å². The zero-order valence-electron chi connectivity index (χ0n) is 17.2. The van der Waals surface area contributed by atoms with Crippen LogP contribution in [0.2, 0.25) is 15.1 Å². The van der Waals surface area contributed by atoms with Crippen LogP contribution in [0.4, 0.5) is 4.79 Å². The number of rotatable bonds is 7. The monoisotopic (exact) mass is 482 g/mol. The van der Waals surface area contributed by atoms with Gasteiger partial charge in [0.05, 0.1) is 24.8 Å². The van der Waals surface area contributed by atoms with E-state index in [-0.39, 0.29) is 18.3 Å². The van der Waals surface area contributed by atoms with Gasteiger partial charge in [0.1, 0.15) is 5.70 Å². The molecule has 0 aromatic heterocycles. The zero-order valence-corrected chi connectivity index (χ0v) is 19.4. The fourth-order valence-corrected chi connectivity index (χ4v) is 3.66. The molecule has 0 bridgehead atoms. The van der Waals surface area contributed by atoms with Crippen LogP contribution < -0.4 is 14.8 Å². The molecule has 1 atom stereocenters. The minimum absolute atomic E-state index is 0.0176. The Morgan fingerprint density at radius 2 is 1.87 bits per heavy atom. The maximum atomic E-state index is 12.8. The summed E-state index contributed by atoms with van der Waals surface area (Å²) in [6.07, 6.45) is 2.30. The molecule has 31 heavy (non-hydrogen) atoms. The number of ether oxygens (including phenoxy) is 2. The van der Waals surface area contributed by atoms with Crippen molar-refractivity contribution >= 4 is 52.8 Å². The van der Waals surface area contributed by atoms with Crippen molar-refractivity contribution in [3.63, 3.8) is 0 Å². The number of imide groups is 1. The molecule has 3 amide bonds. The Kier molecular flexibility index (Phi) is 7.36. The lowest BCUT2D eigenvalue weighted by Crippen LogP contribution is -2.30. The first-order chi connectivity index (χ1) is 14.7. The quantitative estimate of drug-likeness (QED) is 0.392. The number of carbonyl (C=O) groups excluding carboxylic acids is 2. The van der Waals surface area contributed by atoms with E-state index in [4.69, 9.17) is 44.3 Å². The first-order valence-electron chi connectivity index (χ1n) is 9.56. The Labute approximate surface area is 195 Å². The lowest BCUT2D eigenvalue weighted by atomic mass is 10.1. The van der Waals surface area contributed by atoms with Gasteiger partial charge in [0.15, 0.2) is 11.5 Å². The van der Waals surface area contributed by atoms with Crippen LogP contribution in [0.25, 0.3) is 6.08 Å². The van der Waals surface area contributed by atoms with Crippen molar-refractivity contribution in [1.82, 2.24) is 10.2 Å². The fraction of sp³-hybridized carbons (Fsp3) is 0.273. The second-order valence-corrected chi connectivity index (χ2v) is 8.24. The zero-order chi connectivity index (χ0) is 22.7. The predicted molar refractivity (Wildman–Crippen MR) is 122 cm³/mol. The Morgan fingerprint density at radius 1 is 1.13 bits per heavy atom. The molecular weight excluding hydrogens is 463 g/mol. The largest absolute Gasteiger partial charge is 0.493 e. The number of halogens is 3. The van der Waals surface area contributed by atoms with E-state index in [1.807, 2.05) is 13.8 Å². The van der Waals surface area contributed by atoms with Gasteiger partial charge >= 0.3 is 6.03 Å². The van der Waals surface area contributed by atoms with E-state index < -0.39 is 11.9 Å². The van der Waals surface area contributed by atoms with E-state index in [0.29, 0.717) is 37.7 Å². The molecule has 1 aliphatic rings. The van der Waals surface area contributed by atoms with Crippen LogP contribution in [0.3, 0.4) is 0 Å². The number of carbonyl (C=O) groups is 2. The second-order valence-electron chi connectivity index (χ2n) is 6.99. The molecule has 0 aliphatic carbocycles. The first kappa shape index (κ1) is 23.3. The van der Waals surface area contributed by atoms with Crippen LogP contribution in [0.5, 0.6) is 11.5 Å². The number of hydrogen-bond donors (Lipinski definition) is 1. The molecular formula is C22H21Cl3N2O4. The maximum Gasteiger partial charge on any atom is 0.329 e. The van der Waals surface area contributed by atoms with E-state index in [2.05, 4.69) is 5.32 Å². The van der Waals surface area contributed by atoms with Gasteiger partial charge in [-0.1, -0.05) is 47.8 Å². The number of urea groups is 1. The van der Waals surface area contributed by atoms with Gasteiger partial charge in [-0.2, -0.15) is 0 Å². The summed E-state index contributed by atoms with van der Waals surface area (Å²) in [6, 6.07) is 7.67. The molecule has 1 heterocycles. The van der Waals surface area contributed by atoms with Crippen LogP contribution in [0.1, 0.15) is 31.4 Å². The van der Waals surface area contributed by atoms with Crippen LogP contribution >= 0.6 is 34.8 Å². The molecule has 1 aliphatic heterocycles. The number of methoxy groups -OCH3 is 1. The lowest BCUT2D eigenvalue weighted by molar-refractivity contribution is -0.123. The highest BCUT2D eigenvalue weighted by atomic mass is 35.5. The minimum Gasteiger partial charge on any atom is -0.493 e. The average Bonchev–Trinajstić information content (AvgIpc) is 2.98. The molecule has 164 valence electrons. The smallest absolute Gasteiger partial charge is 0.329 e. The number of hydrogen-bond acceptors (Lipinski definition) is 4. The molecule has 0 spiro atoms. The van der Waals surface area contributed by atoms with Gasteiger partial charge in [0.25, 0.3) is 5.91 Å². The summed E-state index contributed by atoms with van der Waals surface area (Å²) in [7, 11) is 1.51. The summed E-state index contributed by atoms with van der Waals surface area (Å²) >= 11 is 18.5. The topological polar surface area (TPSA) is 67.9 Å². The van der Waals surface area contributed by atoms with E-state index in [9.17, 15) is 9.59 Å². The van der Waals surface area contributed by atoms with Gasteiger partial charge in [0, 0.05) is 10.0 Å². The van der Waals surface area contributed by atoms with Gasteiger partial charge in [0.2, 0.25) is 0 Å². The highest BCUT2D eigenvalue weighted by Crippen LogP contribution is 2.38. The van der Waals surface area contributed by atoms with Gasteiger partial charge in [-0.3, -0.25) is 9.69 Å². The van der Waals surface area contributed by atoms with Gasteiger partial charge in [-0.15, -0.1) is 0 Å². The molecule has 2 aromatic carbocycles. The molecule has 1 saturated heterocycles. The summed E-state index contributed by atoms with van der Waals surface area (Å²) in [6.45, 7) is 3.95. The van der Waals surface area contributed by atoms with E-state index in [1.54, 1.807) is 30.3 Å². The number of nitrogens with one attached hydrogen (secondary N) is 1. The van der Waals surface area contributed by atoms with Gasteiger partial charge in [-0.05, 0) is 54.8 Å². The summed E-state index contributed by atoms with van der Waals surface area (Å²) in [5, 5.41) is 3.77. The van der Waals surface area contributed by atoms with Crippen LogP contribution in [-0.4, -0.2) is 30.1 Å². The van der Waals surface area contributed by atoms with E-state index >= 15 is 0 Å². The standard InChI is InChI=1S/C22H21Cl3N2O4/c1-4-12(2)31-20-17(25)7-13(9-19(20)30-3)8-18-21(28)27(22(29)26-18)11-14-5-6-15(23)10-16(14)24/h5-10,12H,4,11H2,1-3H3,(H,26,29)/b18-8-/t12-/m1/s1. The van der Waals surface area contributed by atoms with Crippen LogP contribution in [-0.2, 0) is 11.3 Å². The Morgan fingerprint density at radius 3 is 2.52 bits per heavy atom. The SMILES string of the molecule is CC[C@@H](C)Oc1c(Cl)cc(/C=C2\NC(=O)N(Cc3ccc(Cl)cc3Cl)C2=O)cc1OC. The Hall–Kier alpha value is -2.41. The number of amides is 3. The molecule has 0 radical (unpaired) electrons. The Bertz CT molecular complexity index is 1060. The summed E-state index contributed by atoms with van der Waals surface area (Å²) in [4.78, 5) is 26.3. The highest BCUT2D eigenvalue weighted by molar-refractivity contribution is 6.35. The molecule has 6 nitrogen and oxygen atoms in total. The normalized spacial score (nSPS) is 15.9. The minimum atomic E-state index is -0.544. The molecule has 2 aromatic rings. The summed E-state index contributed by atoms with van der Waals surface area (Å²) in [5.41, 5.74) is 1.30. The third kappa shape index (κ3) is 5.26. The molecule has 0 unspecified atom stereocenters. The van der Waals surface area contributed by atoms with Gasteiger partial charge < -0.3 is 14.8 Å². The average molecular weight is 484 g/mol. The summed E-state index contributed by atoms with van der Waals surface area (Å²) in [5.74, 6) is 0.383. The highest BCUT2D eigenvalue weighted by Gasteiger charge is 2.34. The third-order valence-corrected chi connectivity index (χ3v) is 5.63. The van der Waals surface area contributed by atoms with Crippen molar-refractivity contribution in [2.75, 3.05) is 7.11 Å². The lowest BCUT2D eigenvalue weighted by Gasteiger charge is -2.17. The van der Waals surface area contributed by atoms with Crippen molar-refractivity contribution in [2.45, 2.75) is 32.9 Å². The number of nitrogens with zero attached hydrogens (tertiary/aromatic N) is 1. The van der Waals surface area contributed by atoms with Crippen molar-refractivity contribution < 1.29 is 19.1 Å². The first-order valence-corrected chi connectivity index (χ1v) is 10.7. The summed E-state index contributed by atoms with van der Waals surface area (Å²) < 4.78 is 11.2. The van der Waals surface area contributed by atoms with Crippen molar-refractivity contribution in [2.24, 2.45) is 0 Å².